The standard InChI is InChI=1S/C12H18N2O5/c1-7(13-11(16)18-12(2,3)4)8-6-9(19-14-8)10(15)17-5/h6-7H,1-5H3,(H,13,16)/t7-/m1/s1. The van der Waals surface area contributed by atoms with Crippen LogP contribution in [0.2, 0.25) is 0 Å². The van der Waals surface area contributed by atoms with Gasteiger partial charge in [0.2, 0.25) is 5.76 Å². The van der Waals surface area contributed by atoms with Crippen LogP contribution in [0.5, 0.6) is 0 Å². The van der Waals surface area contributed by atoms with Crippen molar-refractivity contribution in [1.29, 1.82) is 0 Å². The lowest BCUT2D eigenvalue weighted by Crippen LogP contribution is -2.34. The van der Waals surface area contributed by atoms with Gasteiger partial charge >= 0.3 is 12.1 Å². The molecule has 0 bridgehead atoms. The van der Waals surface area contributed by atoms with Crippen LogP contribution in [0.1, 0.15) is 50.0 Å². The summed E-state index contributed by atoms with van der Waals surface area (Å²) in [6.07, 6.45) is -0.567. The lowest BCUT2D eigenvalue weighted by molar-refractivity contribution is 0.0502. The van der Waals surface area contributed by atoms with E-state index in [0.29, 0.717) is 5.69 Å². The summed E-state index contributed by atoms with van der Waals surface area (Å²) in [5, 5.41) is 6.28. The fraction of sp³-hybridized carbons (Fsp3) is 0.583. The molecule has 106 valence electrons. The van der Waals surface area contributed by atoms with Crippen molar-refractivity contribution in [3.63, 3.8) is 0 Å². The van der Waals surface area contributed by atoms with Crippen LogP contribution < -0.4 is 5.32 Å². The molecule has 0 aliphatic carbocycles. The maximum atomic E-state index is 11.6. The first-order chi connectivity index (χ1) is 8.73. The molecule has 0 unspecified atom stereocenters. The Morgan fingerprint density at radius 2 is 2.05 bits per heavy atom. The zero-order chi connectivity index (χ0) is 14.6. The van der Waals surface area contributed by atoms with Gasteiger partial charge in [0.25, 0.3) is 0 Å². The lowest BCUT2D eigenvalue weighted by atomic mass is 10.2. The second-order valence-corrected chi connectivity index (χ2v) is 4.98. The normalized spacial score (nSPS) is 12.7. The van der Waals surface area contributed by atoms with E-state index in [1.54, 1.807) is 27.7 Å². The largest absolute Gasteiger partial charge is 0.463 e. The number of esters is 1. The zero-order valence-electron chi connectivity index (χ0n) is 11.6. The van der Waals surface area contributed by atoms with Crippen LogP contribution in [0.3, 0.4) is 0 Å². The number of carbonyl (C=O) groups excluding carboxylic acids is 2. The molecule has 19 heavy (non-hydrogen) atoms. The highest BCUT2D eigenvalue weighted by molar-refractivity contribution is 5.86. The average Bonchev–Trinajstić information content (AvgIpc) is 2.74. The number of nitrogens with zero attached hydrogens (tertiary/aromatic N) is 1. The Bertz CT molecular complexity index is 461. The minimum Gasteiger partial charge on any atom is -0.463 e. The van der Waals surface area contributed by atoms with Gasteiger partial charge in [0.1, 0.15) is 11.3 Å². The quantitative estimate of drug-likeness (QED) is 0.845. The van der Waals surface area contributed by atoms with Gasteiger partial charge in [-0.05, 0) is 27.7 Å². The Hall–Kier alpha value is -2.05. The van der Waals surface area contributed by atoms with Crippen LogP contribution in [-0.2, 0) is 9.47 Å². The number of hydrogen-bond donors (Lipinski definition) is 1. The first-order valence-corrected chi connectivity index (χ1v) is 5.77. The van der Waals surface area contributed by atoms with Gasteiger partial charge in [0.05, 0.1) is 13.2 Å². The molecule has 1 aromatic heterocycles. The SMILES string of the molecule is COC(=O)c1cc([C@@H](C)NC(=O)OC(C)(C)C)no1. The minimum absolute atomic E-state index is 0.0182. The van der Waals surface area contributed by atoms with E-state index in [9.17, 15) is 9.59 Å². The Morgan fingerprint density at radius 1 is 1.42 bits per heavy atom. The molecule has 1 heterocycles. The summed E-state index contributed by atoms with van der Waals surface area (Å²) in [6, 6.07) is 0.963. The van der Waals surface area contributed by atoms with Gasteiger partial charge in [0.15, 0.2) is 0 Å². The number of amides is 1. The molecule has 0 aromatic carbocycles. The summed E-state index contributed by atoms with van der Waals surface area (Å²) >= 11 is 0. The van der Waals surface area contributed by atoms with E-state index < -0.39 is 23.7 Å². The predicted octanol–water partition coefficient (Wildman–Crippen LogP) is 2.05. The molecule has 0 aliphatic rings. The van der Waals surface area contributed by atoms with Gasteiger partial charge < -0.3 is 19.3 Å². The monoisotopic (exact) mass is 270 g/mol. The van der Waals surface area contributed by atoms with Gasteiger partial charge in [-0.25, -0.2) is 9.59 Å². The van der Waals surface area contributed by atoms with Crippen LogP contribution in [0.15, 0.2) is 10.6 Å². The van der Waals surface area contributed by atoms with Crippen LogP contribution in [0.25, 0.3) is 0 Å². The Kier molecular flexibility index (Phi) is 4.52. The third kappa shape index (κ3) is 4.61. The van der Waals surface area contributed by atoms with Crippen LogP contribution in [0.4, 0.5) is 4.79 Å². The van der Waals surface area contributed by atoms with E-state index in [1.807, 2.05) is 0 Å². The molecular formula is C12H18N2O5. The summed E-state index contributed by atoms with van der Waals surface area (Å²) < 4.78 is 14.4. The van der Waals surface area contributed by atoms with Gasteiger partial charge in [-0.2, -0.15) is 0 Å². The molecule has 7 nitrogen and oxygen atoms in total. The van der Waals surface area contributed by atoms with E-state index in [1.165, 1.54) is 13.2 Å². The van der Waals surface area contributed by atoms with Crippen molar-refractivity contribution in [3.8, 4) is 0 Å². The number of nitrogens with one attached hydrogen (secondary N) is 1. The van der Waals surface area contributed by atoms with Crippen LogP contribution in [-0.4, -0.2) is 29.9 Å². The molecule has 1 amide bonds. The van der Waals surface area contributed by atoms with Gasteiger partial charge in [0, 0.05) is 6.07 Å². The molecule has 1 rings (SSSR count). The van der Waals surface area contributed by atoms with Crippen molar-refractivity contribution in [3.05, 3.63) is 17.5 Å². The van der Waals surface area contributed by atoms with Crippen molar-refractivity contribution < 1.29 is 23.6 Å². The molecule has 0 saturated carbocycles. The predicted molar refractivity (Wildman–Crippen MR) is 65.6 cm³/mol. The summed E-state index contributed by atoms with van der Waals surface area (Å²) in [6.45, 7) is 7.00. The van der Waals surface area contributed by atoms with Crippen LogP contribution in [0, 0.1) is 0 Å². The third-order valence-corrected chi connectivity index (χ3v) is 2.09. The Morgan fingerprint density at radius 3 is 2.58 bits per heavy atom. The maximum absolute atomic E-state index is 11.6. The minimum atomic E-state index is -0.622. The number of alkyl carbamates (subject to hydrolysis) is 1. The number of ether oxygens (including phenoxy) is 2. The highest BCUT2D eigenvalue weighted by Crippen LogP contribution is 2.14. The third-order valence-electron chi connectivity index (χ3n) is 2.09. The van der Waals surface area contributed by atoms with Gasteiger partial charge in [-0.15, -0.1) is 0 Å². The van der Waals surface area contributed by atoms with E-state index >= 15 is 0 Å². The van der Waals surface area contributed by atoms with E-state index in [2.05, 4.69) is 15.2 Å². The number of methoxy groups -OCH3 is 1. The molecule has 0 fully saturated rings. The van der Waals surface area contributed by atoms with Gasteiger partial charge in [-0.1, -0.05) is 5.16 Å². The highest BCUT2D eigenvalue weighted by Gasteiger charge is 2.21. The number of hydrogen-bond acceptors (Lipinski definition) is 6. The smallest absolute Gasteiger partial charge is 0.408 e. The first-order valence-electron chi connectivity index (χ1n) is 5.77. The number of rotatable bonds is 3. The summed E-state index contributed by atoms with van der Waals surface area (Å²) in [4.78, 5) is 22.7. The molecule has 7 heteroatoms. The fourth-order valence-electron chi connectivity index (χ4n) is 1.25. The number of aromatic nitrogens is 1. The average molecular weight is 270 g/mol. The molecular weight excluding hydrogens is 252 g/mol. The summed E-state index contributed by atoms with van der Waals surface area (Å²) in [5.74, 6) is -0.640. The molecule has 0 aliphatic heterocycles. The van der Waals surface area contributed by atoms with Crippen molar-refractivity contribution in [2.45, 2.75) is 39.3 Å². The molecule has 0 radical (unpaired) electrons. The lowest BCUT2D eigenvalue weighted by Gasteiger charge is -2.21. The number of carbonyl (C=O) groups is 2. The molecule has 0 saturated heterocycles. The zero-order valence-corrected chi connectivity index (χ0v) is 11.6. The van der Waals surface area contributed by atoms with E-state index in [-0.39, 0.29) is 5.76 Å². The van der Waals surface area contributed by atoms with E-state index in [0.717, 1.165) is 0 Å². The van der Waals surface area contributed by atoms with Crippen molar-refractivity contribution in [1.82, 2.24) is 10.5 Å². The second-order valence-electron chi connectivity index (χ2n) is 4.98. The first kappa shape index (κ1) is 15.0. The van der Waals surface area contributed by atoms with Crippen molar-refractivity contribution in [2.24, 2.45) is 0 Å². The topological polar surface area (TPSA) is 90.7 Å². The Balaban J connectivity index is 2.63. The maximum Gasteiger partial charge on any atom is 0.408 e. The molecule has 0 spiro atoms. The highest BCUT2D eigenvalue weighted by atomic mass is 16.6. The molecule has 1 N–H and O–H groups in total. The van der Waals surface area contributed by atoms with Crippen molar-refractivity contribution in [2.75, 3.05) is 7.11 Å². The summed E-state index contributed by atoms with van der Waals surface area (Å²) in [5.41, 5.74) is -0.170. The van der Waals surface area contributed by atoms with Crippen molar-refractivity contribution >= 4 is 12.1 Å². The summed E-state index contributed by atoms with van der Waals surface area (Å²) in [7, 11) is 1.24. The fourth-order valence-corrected chi connectivity index (χ4v) is 1.25. The Labute approximate surface area is 111 Å². The van der Waals surface area contributed by atoms with Gasteiger partial charge in [-0.3, -0.25) is 0 Å². The molecule has 1 aromatic rings. The van der Waals surface area contributed by atoms with Crippen LogP contribution >= 0.6 is 0 Å². The second kappa shape index (κ2) is 5.73. The van der Waals surface area contributed by atoms with E-state index in [4.69, 9.17) is 9.26 Å². The molecule has 1 atom stereocenters.